The number of nitrogens with zero attached hydrogens (tertiary/aromatic N) is 3. The van der Waals surface area contributed by atoms with Crippen molar-refractivity contribution in [2.24, 2.45) is 5.73 Å². The molecule has 198 valence electrons. The molecule has 0 heterocycles. The molecule has 0 atom stereocenters. The summed E-state index contributed by atoms with van der Waals surface area (Å²) in [7, 11) is 0. The van der Waals surface area contributed by atoms with Gasteiger partial charge in [0.25, 0.3) is 0 Å². The molecule has 0 saturated carbocycles. The molecule has 0 rings (SSSR count). The molecule has 0 aromatic rings. The summed E-state index contributed by atoms with van der Waals surface area (Å²) < 4.78 is 162. The zero-order chi connectivity index (χ0) is 27.7. The van der Waals surface area contributed by atoms with Gasteiger partial charge in [-0.15, -0.1) is 0 Å². The average molecular weight is 630 g/mol. The van der Waals surface area contributed by atoms with Gasteiger partial charge in [-0.25, -0.2) is 0 Å². The fourth-order valence-electron chi connectivity index (χ4n) is 1.29. The van der Waals surface area contributed by atoms with Crippen LogP contribution in [0.25, 0.3) is 16.0 Å². The maximum Gasteiger partial charge on any atom is 0.0856 e. The molecule has 0 bridgehead atoms. The number of hydrogen-bond donors (Lipinski definition) is 4. The SMILES string of the molecule is FC(F)(F)C(F)(F)C(F)(F)C(F)(F)C(F)(F)C(F)(F)C[CH2][SnH].NC(CO)(CO)CO.[N-]=[N+]=[N-]. The molecule has 0 fully saturated rings. The molecular formula is C12H16F13N4O3Sn-. The van der Waals surface area contributed by atoms with Gasteiger partial charge in [0.1, 0.15) is 0 Å². The Labute approximate surface area is 189 Å². The topological polar surface area (TPSA) is 145 Å². The van der Waals surface area contributed by atoms with E-state index in [-0.39, 0.29) is 22.5 Å². The van der Waals surface area contributed by atoms with Gasteiger partial charge in [-0.05, 0) is 0 Å². The molecule has 0 amide bonds. The molecular weight excluding hydrogens is 614 g/mol. The average Bonchev–Trinajstić information content (AvgIpc) is 2.67. The van der Waals surface area contributed by atoms with Crippen LogP contribution in [-0.4, -0.2) is 99.0 Å². The van der Waals surface area contributed by atoms with Crippen molar-refractivity contribution >= 4 is 22.5 Å². The van der Waals surface area contributed by atoms with Crippen LogP contribution in [0.5, 0.6) is 0 Å². The molecule has 0 aromatic carbocycles. The molecule has 0 aliphatic rings. The van der Waals surface area contributed by atoms with Crippen LogP contribution in [0.15, 0.2) is 0 Å². The zero-order valence-electron chi connectivity index (χ0n) is 15.8. The number of nitrogens with two attached hydrogens (primary N) is 1. The maximum absolute atomic E-state index is 12.9. The minimum Gasteiger partial charge on any atom is -0.394 e. The molecule has 7 nitrogen and oxygen atoms in total. The summed E-state index contributed by atoms with van der Waals surface area (Å²) in [5.41, 5.74) is 17.4. The third kappa shape index (κ3) is 8.04. The number of rotatable bonds is 9. The van der Waals surface area contributed by atoms with E-state index in [9.17, 15) is 57.1 Å². The Hall–Kier alpha value is -0.961. The van der Waals surface area contributed by atoms with Crippen molar-refractivity contribution in [3.63, 3.8) is 0 Å². The van der Waals surface area contributed by atoms with Gasteiger partial charge in [0.2, 0.25) is 0 Å². The Morgan fingerprint density at radius 2 is 0.909 bits per heavy atom. The number of alkyl halides is 13. The van der Waals surface area contributed by atoms with Crippen molar-refractivity contribution in [1.29, 1.82) is 0 Å². The summed E-state index contributed by atoms with van der Waals surface area (Å²) in [4.78, 5) is 1.50. The van der Waals surface area contributed by atoms with Crippen molar-refractivity contribution in [1.82, 2.24) is 0 Å². The van der Waals surface area contributed by atoms with Crippen LogP contribution in [0.3, 0.4) is 0 Å². The van der Waals surface area contributed by atoms with E-state index < -0.39 is 72.0 Å². The van der Waals surface area contributed by atoms with E-state index in [1.54, 1.807) is 0 Å². The van der Waals surface area contributed by atoms with Gasteiger partial charge in [0.05, 0.1) is 25.4 Å². The number of aliphatic hydroxyl groups is 3. The molecule has 0 aromatic heterocycles. The first-order valence-corrected chi connectivity index (χ1v) is 10.00. The van der Waals surface area contributed by atoms with Crippen molar-refractivity contribution in [3.8, 4) is 0 Å². The molecule has 0 saturated heterocycles. The largest absolute Gasteiger partial charge is 0.394 e. The van der Waals surface area contributed by atoms with Crippen molar-refractivity contribution in [2.45, 2.75) is 52.2 Å². The molecule has 0 aliphatic heterocycles. The summed E-state index contributed by atoms with van der Waals surface area (Å²) in [5, 5.41) is 25.0. The number of hydrogen-bond acceptors (Lipinski definition) is 4. The Kier molecular flexibility index (Phi) is 14.0. The molecule has 0 aliphatic carbocycles. The Morgan fingerprint density at radius 1 is 0.636 bits per heavy atom. The van der Waals surface area contributed by atoms with E-state index in [0.29, 0.717) is 0 Å². The van der Waals surface area contributed by atoms with Gasteiger partial charge in [-0.3, -0.25) is 4.91 Å². The summed E-state index contributed by atoms with van der Waals surface area (Å²) in [6.45, 7) is -1.21. The summed E-state index contributed by atoms with van der Waals surface area (Å²) in [5.74, 6) is -36.1. The van der Waals surface area contributed by atoms with Crippen LogP contribution in [0.2, 0.25) is 4.44 Å². The molecule has 2 radical (unpaired) electrons. The third-order valence-electron chi connectivity index (χ3n) is 3.40. The summed E-state index contributed by atoms with van der Waals surface area (Å²) in [6.07, 6.45) is -9.44. The first-order chi connectivity index (χ1) is 14.4. The van der Waals surface area contributed by atoms with E-state index in [1.807, 2.05) is 0 Å². The molecule has 33 heavy (non-hydrogen) atoms. The number of aliphatic hydroxyl groups excluding tert-OH is 3. The molecule has 0 spiro atoms. The minimum atomic E-state index is -7.80. The van der Waals surface area contributed by atoms with Gasteiger partial charge < -0.3 is 32.1 Å². The Bertz CT molecular complexity index is 616. The van der Waals surface area contributed by atoms with Crippen LogP contribution >= 0.6 is 0 Å². The van der Waals surface area contributed by atoms with Gasteiger partial charge in [-0.2, -0.15) is 0 Å². The fraction of sp³-hybridized carbons (Fsp3) is 1.00. The predicted octanol–water partition coefficient (Wildman–Crippen LogP) is 2.96. The van der Waals surface area contributed by atoms with Gasteiger partial charge in [0, 0.05) is 0 Å². The summed E-state index contributed by atoms with van der Waals surface area (Å²) in [6, 6.07) is 0. The third-order valence-corrected chi connectivity index (χ3v) is 4.23. The smallest absolute Gasteiger partial charge is 0.0856 e. The Balaban J connectivity index is -0.000000677. The van der Waals surface area contributed by atoms with Crippen LogP contribution < -0.4 is 5.73 Å². The first-order valence-electron chi connectivity index (χ1n) is 7.67. The van der Waals surface area contributed by atoms with E-state index in [2.05, 4.69) is 0 Å². The van der Waals surface area contributed by atoms with Crippen molar-refractivity contribution < 1.29 is 72.4 Å². The van der Waals surface area contributed by atoms with Crippen LogP contribution in [0.4, 0.5) is 57.1 Å². The summed E-state index contributed by atoms with van der Waals surface area (Å²) >= 11 is -0.196. The molecule has 21 heteroatoms. The molecule has 0 unspecified atom stereocenters. The second-order valence-electron chi connectivity index (χ2n) is 5.96. The van der Waals surface area contributed by atoms with E-state index in [4.69, 9.17) is 32.1 Å². The monoisotopic (exact) mass is 631 g/mol. The standard InChI is InChI=1S/C8H4F13.C4H11NO3.N3.Sn.H/c1-2-3(9,10)4(11,12)5(13,14)6(15,16)7(17,18)8(19,20)21;5-4(1-6,2-7)3-8;1-3-2;;/h1-2H2;6-8H,1-3,5H2;;;/q;;-1;;. The van der Waals surface area contributed by atoms with Crippen molar-refractivity contribution in [2.75, 3.05) is 19.8 Å². The second kappa shape index (κ2) is 12.7. The van der Waals surface area contributed by atoms with Crippen molar-refractivity contribution in [3.05, 3.63) is 16.0 Å². The van der Waals surface area contributed by atoms with Crippen LogP contribution in [0.1, 0.15) is 6.42 Å². The van der Waals surface area contributed by atoms with E-state index >= 15 is 0 Å². The second-order valence-corrected chi connectivity index (χ2v) is 7.61. The number of halogens is 13. The predicted molar refractivity (Wildman–Crippen MR) is 85.6 cm³/mol. The fourth-order valence-corrected chi connectivity index (χ4v) is 2.33. The van der Waals surface area contributed by atoms with Gasteiger partial charge in [0.15, 0.2) is 0 Å². The van der Waals surface area contributed by atoms with Gasteiger partial charge >= 0.3 is 126 Å². The van der Waals surface area contributed by atoms with Crippen LogP contribution in [-0.2, 0) is 0 Å². The quantitative estimate of drug-likeness (QED) is 0.102. The zero-order valence-corrected chi connectivity index (χ0v) is 19.1. The normalized spacial score (nSPS) is 13.9. The Morgan fingerprint density at radius 3 is 1.09 bits per heavy atom. The van der Waals surface area contributed by atoms with Gasteiger partial charge in [-0.1, -0.05) is 0 Å². The van der Waals surface area contributed by atoms with E-state index in [1.165, 1.54) is 4.91 Å². The molecule has 5 N–H and O–H groups in total. The first kappa shape index (κ1) is 36.6. The maximum atomic E-state index is 12.9. The van der Waals surface area contributed by atoms with Crippen LogP contribution in [0, 0.1) is 0 Å². The minimum absolute atomic E-state index is 0.196. The van der Waals surface area contributed by atoms with E-state index in [0.717, 1.165) is 0 Å².